The van der Waals surface area contributed by atoms with Crippen molar-refractivity contribution in [1.82, 2.24) is 4.98 Å². The minimum Gasteiger partial charge on any atom is -0.466 e. The molecule has 0 fully saturated rings. The Hall–Kier alpha value is -1.55. The fraction of sp³-hybridized carbons (Fsp3) is 0.214. The third kappa shape index (κ3) is 4.47. The predicted molar refractivity (Wildman–Crippen MR) is 89.5 cm³/mol. The summed E-state index contributed by atoms with van der Waals surface area (Å²) in [5, 5.41) is 4.62. The van der Waals surface area contributed by atoms with Crippen LogP contribution in [0.1, 0.15) is 23.0 Å². The van der Waals surface area contributed by atoms with Crippen LogP contribution in [0.4, 0.5) is 9.52 Å². The van der Waals surface area contributed by atoms with E-state index in [-0.39, 0.29) is 18.0 Å². The van der Waals surface area contributed by atoms with Crippen molar-refractivity contribution < 1.29 is 18.7 Å². The summed E-state index contributed by atoms with van der Waals surface area (Å²) in [5.41, 5.74) is 0.760. The first kappa shape index (κ1) is 16.8. The molecule has 5 nitrogen and oxygen atoms in total. The van der Waals surface area contributed by atoms with E-state index in [1.165, 1.54) is 29.5 Å². The van der Waals surface area contributed by atoms with Gasteiger partial charge in [0.25, 0.3) is 5.91 Å². The third-order valence-electron chi connectivity index (χ3n) is 2.58. The minimum absolute atomic E-state index is 0.0533. The zero-order chi connectivity index (χ0) is 16.1. The molecule has 1 amide bonds. The summed E-state index contributed by atoms with van der Waals surface area (Å²) >= 11 is 3.16. The lowest BCUT2D eigenvalue weighted by Crippen LogP contribution is -2.14. The quantitative estimate of drug-likeness (QED) is 0.580. The van der Waals surface area contributed by atoms with Gasteiger partial charge in [0.15, 0.2) is 5.13 Å². The molecule has 0 bridgehead atoms. The molecule has 8 heteroatoms. The number of esters is 1. The zero-order valence-electron chi connectivity index (χ0n) is 11.6. The van der Waals surface area contributed by atoms with Crippen molar-refractivity contribution in [3.8, 4) is 0 Å². The Morgan fingerprint density at radius 3 is 2.95 bits per heavy atom. The van der Waals surface area contributed by atoms with E-state index in [4.69, 9.17) is 4.74 Å². The van der Waals surface area contributed by atoms with Crippen molar-refractivity contribution in [2.24, 2.45) is 0 Å². The van der Waals surface area contributed by atoms with E-state index in [2.05, 4.69) is 10.3 Å². The smallest absolute Gasteiger partial charge is 0.311 e. The molecule has 0 saturated carbocycles. The maximum atomic E-state index is 13.2. The highest BCUT2D eigenvalue weighted by atomic mass is 127. The molecule has 2 aromatic rings. The number of benzene rings is 1. The van der Waals surface area contributed by atoms with Crippen LogP contribution in [0, 0.1) is 9.39 Å². The normalized spacial score (nSPS) is 10.3. The van der Waals surface area contributed by atoms with Crippen molar-refractivity contribution in [2.75, 3.05) is 11.9 Å². The van der Waals surface area contributed by atoms with Gasteiger partial charge in [-0.25, -0.2) is 9.37 Å². The van der Waals surface area contributed by atoms with Gasteiger partial charge in [0.2, 0.25) is 0 Å². The summed E-state index contributed by atoms with van der Waals surface area (Å²) in [5.74, 6) is -1.29. The number of aromatic nitrogens is 1. The summed E-state index contributed by atoms with van der Waals surface area (Å²) in [7, 11) is 0. The first-order valence-electron chi connectivity index (χ1n) is 6.36. The highest BCUT2D eigenvalue weighted by Crippen LogP contribution is 2.19. The van der Waals surface area contributed by atoms with E-state index in [1.54, 1.807) is 12.3 Å². The lowest BCUT2D eigenvalue weighted by Gasteiger charge is -2.04. The Balaban J connectivity index is 2.05. The minimum atomic E-state index is -0.479. The topological polar surface area (TPSA) is 68.3 Å². The maximum Gasteiger partial charge on any atom is 0.311 e. The van der Waals surface area contributed by atoms with Gasteiger partial charge in [-0.3, -0.25) is 14.9 Å². The molecule has 0 aliphatic heterocycles. The molecule has 0 spiro atoms. The summed E-state index contributed by atoms with van der Waals surface area (Å²) < 4.78 is 18.7. The molecule has 0 aliphatic carbocycles. The standard InChI is InChI=1S/C14H12FIN2O3S/c1-2-21-12(19)6-9-7-22-14(17-9)18-13(20)10-5-8(15)3-4-11(10)16/h3-5,7H,2,6H2,1H3,(H,17,18,20). The number of hydrogen-bond acceptors (Lipinski definition) is 5. The lowest BCUT2D eigenvalue weighted by atomic mass is 10.2. The van der Waals surface area contributed by atoms with E-state index in [9.17, 15) is 14.0 Å². The number of hydrogen-bond donors (Lipinski definition) is 1. The Kier molecular flexibility index (Phi) is 5.83. The molecule has 0 radical (unpaired) electrons. The summed E-state index contributed by atoms with van der Waals surface area (Å²) in [6.45, 7) is 2.04. The van der Waals surface area contributed by atoms with Gasteiger partial charge in [0.1, 0.15) is 5.82 Å². The monoisotopic (exact) mass is 434 g/mol. The van der Waals surface area contributed by atoms with Crippen LogP contribution in [0.25, 0.3) is 0 Å². The number of ether oxygens (including phenoxy) is 1. The SMILES string of the molecule is CCOC(=O)Cc1csc(NC(=O)c2cc(F)ccc2I)n1. The number of amides is 1. The number of thiazole rings is 1. The van der Waals surface area contributed by atoms with Crippen molar-refractivity contribution >= 4 is 50.9 Å². The first-order valence-corrected chi connectivity index (χ1v) is 8.32. The average molecular weight is 434 g/mol. The van der Waals surface area contributed by atoms with Crippen LogP contribution in [0.5, 0.6) is 0 Å². The van der Waals surface area contributed by atoms with Gasteiger partial charge in [0, 0.05) is 8.95 Å². The molecule has 0 atom stereocenters. The molecule has 22 heavy (non-hydrogen) atoms. The fourth-order valence-corrected chi connectivity index (χ4v) is 2.93. The number of carbonyl (C=O) groups excluding carboxylic acids is 2. The van der Waals surface area contributed by atoms with Crippen LogP contribution in [0.2, 0.25) is 0 Å². The second kappa shape index (κ2) is 7.63. The second-order valence-electron chi connectivity index (χ2n) is 4.20. The van der Waals surface area contributed by atoms with Crippen LogP contribution >= 0.6 is 33.9 Å². The van der Waals surface area contributed by atoms with Gasteiger partial charge in [-0.15, -0.1) is 11.3 Å². The Bertz CT molecular complexity index is 705. The van der Waals surface area contributed by atoms with Gasteiger partial charge in [-0.2, -0.15) is 0 Å². The van der Waals surface area contributed by atoms with Crippen molar-refractivity contribution in [3.05, 3.63) is 44.2 Å². The highest BCUT2D eigenvalue weighted by Gasteiger charge is 2.14. The van der Waals surface area contributed by atoms with E-state index in [1.807, 2.05) is 22.6 Å². The van der Waals surface area contributed by atoms with Crippen molar-refractivity contribution in [2.45, 2.75) is 13.3 Å². The summed E-state index contributed by atoms with van der Waals surface area (Å²) in [6, 6.07) is 3.99. The van der Waals surface area contributed by atoms with Crippen molar-refractivity contribution in [3.63, 3.8) is 0 Å². The second-order valence-corrected chi connectivity index (χ2v) is 6.22. The van der Waals surface area contributed by atoms with Gasteiger partial charge in [0.05, 0.1) is 24.3 Å². The fourth-order valence-electron chi connectivity index (χ4n) is 1.64. The molecule has 1 N–H and O–H groups in total. The molecule has 116 valence electrons. The van der Waals surface area contributed by atoms with Gasteiger partial charge in [-0.1, -0.05) is 0 Å². The van der Waals surface area contributed by atoms with Gasteiger partial charge < -0.3 is 4.74 Å². The number of carbonyl (C=O) groups is 2. The predicted octanol–water partition coefficient (Wildman–Crippen LogP) is 3.24. The molecule has 0 aliphatic rings. The molecule has 2 rings (SSSR count). The Morgan fingerprint density at radius 1 is 1.45 bits per heavy atom. The Labute approximate surface area is 144 Å². The van der Waals surface area contributed by atoms with E-state index in [0.717, 1.165) is 0 Å². The number of rotatable bonds is 5. The molecule has 1 heterocycles. The van der Waals surface area contributed by atoms with E-state index < -0.39 is 11.7 Å². The lowest BCUT2D eigenvalue weighted by molar-refractivity contribution is -0.142. The molecule has 1 aromatic carbocycles. The number of nitrogens with one attached hydrogen (secondary N) is 1. The van der Waals surface area contributed by atoms with Gasteiger partial charge in [-0.05, 0) is 47.7 Å². The average Bonchev–Trinajstić information content (AvgIpc) is 2.88. The van der Waals surface area contributed by atoms with Crippen LogP contribution < -0.4 is 5.32 Å². The number of nitrogens with zero attached hydrogens (tertiary/aromatic N) is 1. The van der Waals surface area contributed by atoms with Crippen LogP contribution in [0.3, 0.4) is 0 Å². The number of halogens is 2. The molecule has 1 aromatic heterocycles. The summed E-state index contributed by atoms with van der Waals surface area (Å²) in [6.07, 6.45) is 0.0533. The first-order chi connectivity index (χ1) is 10.5. The zero-order valence-corrected chi connectivity index (χ0v) is 14.5. The number of anilines is 1. The van der Waals surface area contributed by atoms with E-state index >= 15 is 0 Å². The molecular weight excluding hydrogens is 422 g/mol. The van der Waals surface area contributed by atoms with Crippen LogP contribution in [0.15, 0.2) is 23.6 Å². The van der Waals surface area contributed by atoms with Crippen LogP contribution in [-0.4, -0.2) is 23.5 Å². The molecular formula is C14H12FIN2O3S. The molecule has 0 saturated heterocycles. The highest BCUT2D eigenvalue weighted by molar-refractivity contribution is 14.1. The third-order valence-corrected chi connectivity index (χ3v) is 4.32. The molecule has 0 unspecified atom stereocenters. The Morgan fingerprint density at radius 2 is 2.23 bits per heavy atom. The maximum absolute atomic E-state index is 13.2. The van der Waals surface area contributed by atoms with Crippen molar-refractivity contribution in [1.29, 1.82) is 0 Å². The van der Waals surface area contributed by atoms with Gasteiger partial charge >= 0.3 is 5.97 Å². The van der Waals surface area contributed by atoms with E-state index in [0.29, 0.717) is 21.0 Å². The van der Waals surface area contributed by atoms with Crippen LogP contribution in [-0.2, 0) is 16.0 Å². The summed E-state index contributed by atoms with van der Waals surface area (Å²) in [4.78, 5) is 27.6. The largest absolute Gasteiger partial charge is 0.466 e.